The van der Waals surface area contributed by atoms with E-state index in [1.54, 1.807) is 31.2 Å². The van der Waals surface area contributed by atoms with Crippen molar-refractivity contribution >= 4 is 28.9 Å². The third kappa shape index (κ3) is 4.50. The first-order valence-electron chi connectivity index (χ1n) is 7.76. The van der Waals surface area contributed by atoms with Crippen LogP contribution in [-0.4, -0.2) is 22.4 Å². The lowest BCUT2D eigenvalue weighted by Crippen LogP contribution is -2.20. The summed E-state index contributed by atoms with van der Waals surface area (Å²) in [4.78, 5) is 33.9. The summed E-state index contributed by atoms with van der Waals surface area (Å²) < 4.78 is 0. The Hall–Kier alpha value is -3.55. The molecule has 0 saturated carbocycles. The third-order valence-corrected chi connectivity index (χ3v) is 3.67. The van der Waals surface area contributed by atoms with Crippen molar-refractivity contribution in [2.75, 3.05) is 5.32 Å². The van der Waals surface area contributed by atoms with Crippen molar-refractivity contribution in [1.82, 2.24) is 5.43 Å². The van der Waals surface area contributed by atoms with Crippen LogP contribution in [0.3, 0.4) is 0 Å². The number of nitrogens with one attached hydrogen (secondary N) is 2. The zero-order valence-corrected chi connectivity index (χ0v) is 14.6. The minimum Gasteiger partial charge on any atom is -0.326 e. The van der Waals surface area contributed by atoms with Crippen LogP contribution in [0, 0.1) is 17.0 Å². The van der Waals surface area contributed by atoms with Gasteiger partial charge in [0, 0.05) is 24.2 Å². The monoisotopic (exact) mass is 354 g/mol. The number of carbonyl (C=O) groups is 2. The van der Waals surface area contributed by atoms with E-state index >= 15 is 0 Å². The second-order valence-electron chi connectivity index (χ2n) is 5.61. The van der Waals surface area contributed by atoms with E-state index in [1.807, 2.05) is 0 Å². The molecule has 2 aromatic carbocycles. The van der Waals surface area contributed by atoms with Crippen molar-refractivity contribution in [3.63, 3.8) is 0 Å². The van der Waals surface area contributed by atoms with Gasteiger partial charge in [-0.25, -0.2) is 5.43 Å². The number of nitrogens with zero attached hydrogens (tertiary/aromatic N) is 2. The molecule has 2 aromatic rings. The molecule has 2 rings (SSSR count). The standard InChI is InChI=1S/C18H18N4O4/c1-11-16(8-5-9-17(11)22(25)26)18(24)21-20-12(2)14-6-4-7-15(10-14)19-13(3)23/h4-10H,1-3H3,(H,19,23)(H,21,24). The average Bonchev–Trinajstić information content (AvgIpc) is 2.59. The SMILES string of the molecule is CC(=O)Nc1cccc(C(C)=NNC(=O)c2cccc([N+](=O)[O-])c2C)c1. The minimum atomic E-state index is -0.538. The first kappa shape index (κ1) is 18.8. The number of amides is 2. The van der Waals surface area contributed by atoms with Gasteiger partial charge in [-0.1, -0.05) is 18.2 Å². The summed E-state index contributed by atoms with van der Waals surface area (Å²) in [6.45, 7) is 4.63. The predicted octanol–water partition coefficient (Wildman–Crippen LogP) is 3.02. The van der Waals surface area contributed by atoms with Crippen molar-refractivity contribution < 1.29 is 14.5 Å². The highest BCUT2D eigenvalue weighted by molar-refractivity contribution is 6.02. The molecular formula is C18H18N4O4. The van der Waals surface area contributed by atoms with Gasteiger partial charge < -0.3 is 5.32 Å². The van der Waals surface area contributed by atoms with Gasteiger partial charge in [-0.3, -0.25) is 19.7 Å². The van der Waals surface area contributed by atoms with Crippen molar-refractivity contribution in [3.8, 4) is 0 Å². The highest BCUT2D eigenvalue weighted by Crippen LogP contribution is 2.21. The van der Waals surface area contributed by atoms with Crippen LogP contribution in [0.4, 0.5) is 11.4 Å². The second kappa shape index (κ2) is 8.02. The molecule has 134 valence electrons. The number of nitro groups is 1. The number of rotatable bonds is 5. The first-order valence-corrected chi connectivity index (χ1v) is 7.76. The van der Waals surface area contributed by atoms with Gasteiger partial charge in [0.05, 0.1) is 16.2 Å². The van der Waals surface area contributed by atoms with Crippen molar-refractivity contribution in [1.29, 1.82) is 0 Å². The molecule has 0 aliphatic rings. The number of hydrogen-bond acceptors (Lipinski definition) is 5. The molecule has 8 nitrogen and oxygen atoms in total. The molecule has 0 aliphatic carbocycles. The molecule has 0 atom stereocenters. The molecule has 0 radical (unpaired) electrons. The minimum absolute atomic E-state index is 0.124. The molecule has 0 bridgehead atoms. The second-order valence-corrected chi connectivity index (χ2v) is 5.61. The Labute approximate surface area is 150 Å². The summed E-state index contributed by atoms with van der Waals surface area (Å²) in [6, 6.07) is 11.3. The quantitative estimate of drug-likeness (QED) is 0.488. The molecular weight excluding hydrogens is 336 g/mol. The van der Waals surface area contributed by atoms with Gasteiger partial charge in [0.2, 0.25) is 5.91 Å². The third-order valence-electron chi connectivity index (χ3n) is 3.67. The van der Waals surface area contributed by atoms with Crippen LogP contribution in [0.5, 0.6) is 0 Å². The highest BCUT2D eigenvalue weighted by Gasteiger charge is 2.17. The molecule has 0 unspecified atom stereocenters. The number of nitro benzene ring substituents is 1. The Morgan fingerprint density at radius 2 is 1.81 bits per heavy atom. The smallest absolute Gasteiger partial charge is 0.273 e. The highest BCUT2D eigenvalue weighted by atomic mass is 16.6. The molecule has 0 saturated heterocycles. The van der Waals surface area contributed by atoms with Gasteiger partial charge in [0.1, 0.15) is 0 Å². The Balaban J connectivity index is 2.19. The lowest BCUT2D eigenvalue weighted by Gasteiger charge is -2.07. The van der Waals surface area contributed by atoms with E-state index in [0.29, 0.717) is 17.0 Å². The molecule has 26 heavy (non-hydrogen) atoms. The van der Waals surface area contributed by atoms with Gasteiger partial charge in [-0.05, 0) is 37.6 Å². The average molecular weight is 354 g/mol. The lowest BCUT2D eigenvalue weighted by atomic mass is 10.1. The number of carbonyl (C=O) groups excluding carboxylic acids is 2. The molecule has 2 amide bonds. The molecule has 8 heteroatoms. The van der Waals surface area contributed by atoms with Crippen LogP contribution in [-0.2, 0) is 4.79 Å². The maximum atomic E-state index is 12.3. The molecule has 0 spiro atoms. The maximum absolute atomic E-state index is 12.3. The van der Waals surface area contributed by atoms with Gasteiger partial charge >= 0.3 is 0 Å². The number of hydrogen-bond donors (Lipinski definition) is 2. The first-order chi connectivity index (χ1) is 12.3. The van der Waals surface area contributed by atoms with E-state index in [4.69, 9.17) is 0 Å². The number of hydrazone groups is 1. The van der Waals surface area contributed by atoms with E-state index < -0.39 is 10.8 Å². The fraction of sp³-hybridized carbons (Fsp3) is 0.167. The van der Waals surface area contributed by atoms with Crippen LogP contribution in [0.2, 0.25) is 0 Å². The van der Waals surface area contributed by atoms with Crippen LogP contribution in [0.15, 0.2) is 47.6 Å². The van der Waals surface area contributed by atoms with Crippen molar-refractivity contribution in [3.05, 3.63) is 69.3 Å². The summed E-state index contributed by atoms with van der Waals surface area (Å²) in [5.41, 5.74) is 4.59. The number of benzene rings is 2. The summed E-state index contributed by atoms with van der Waals surface area (Å²) in [5.74, 6) is -0.727. The fourth-order valence-electron chi connectivity index (χ4n) is 2.35. The van der Waals surface area contributed by atoms with E-state index in [-0.39, 0.29) is 22.7 Å². The normalized spacial score (nSPS) is 11.0. The van der Waals surface area contributed by atoms with E-state index in [9.17, 15) is 19.7 Å². The topological polar surface area (TPSA) is 114 Å². The summed E-state index contributed by atoms with van der Waals surface area (Å²) >= 11 is 0. The Kier molecular flexibility index (Phi) is 5.79. The molecule has 0 aliphatic heterocycles. The van der Waals surface area contributed by atoms with Gasteiger partial charge in [-0.15, -0.1) is 0 Å². The largest absolute Gasteiger partial charge is 0.326 e. The number of anilines is 1. The summed E-state index contributed by atoms with van der Waals surface area (Å²) in [7, 11) is 0. The van der Waals surface area contributed by atoms with Gasteiger partial charge in [0.15, 0.2) is 0 Å². The summed E-state index contributed by atoms with van der Waals surface area (Å²) in [6.07, 6.45) is 0. The zero-order chi connectivity index (χ0) is 19.3. The molecule has 2 N–H and O–H groups in total. The van der Waals surface area contributed by atoms with E-state index in [0.717, 1.165) is 0 Å². The van der Waals surface area contributed by atoms with Crippen molar-refractivity contribution in [2.24, 2.45) is 5.10 Å². The van der Waals surface area contributed by atoms with Gasteiger partial charge in [0.25, 0.3) is 11.6 Å². The Morgan fingerprint density at radius 1 is 1.12 bits per heavy atom. The van der Waals surface area contributed by atoms with Crippen molar-refractivity contribution in [2.45, 2.75) is 20.8 Å². The van der Waals surface area contributed by atoms with E-state index in [2.05, 4.69) is 15.8 Å². The summed E-state index contributed by atoms with van der Waals surface area (Å²) in [5, 5.41) is 17.7. The lowest BCUT2D eigenvalue weighted by molar-refractivity contribution is -0.385. The maximum Gasteiger partial charge on any atom is 0.273 e. The van der Waals surface area contributed by atoms with Crippen LogP contribution in [0.1, 0.15) is 35.3 Å². The van der Waals surface area contributed by atoms with Gasteiger partial charge in [-0.2, -0.15) is 5.10 Å². The van der Waals surface area contributed by atoms with Crippen LogP contribution >= 0.6 is 0 Å². The van der Waals surface area contributed by atoms with Crippen LogP contribution in [0.25, 0.3) is 0 Å². The van der Waals surface area contributed by atoms with Crippen LogP contribution < -0.4 is 10.7 Å². The fourth-order valence-corrected chi connectivity index (χ4v) is 2.35. The van der Waals surface area contributed by atoms with E-state index in [1.165, 1.54) is 32.0 Å². The molecule has 0 aromatic heterocycles. The zero-order valence-electron chi connectivity index (χ0n) is 14.6. The molecule has 0 fully saturated rings. The molecule has 0 heterocycles. The Bertz CT molecular complexity index is 906. The Morgan fingerprint density at radius 3 is 2.46 bits per heavy atom. The predicted molar refractivity (Wildman–Crippen MR) is 98.3 cm³/mol.